The molecule has 0 aliphatic heterocycles. The number of hydrogen-bond acceptors (Lipinski definition) is 4. The Morgan fingerprint density at radius 2 is 1.90 bits per heavy atom. The van der Waals surface area contributed by atoms with Crippen LogP contribution in [0.1, 0.15) is 47.0 Å². The predicted octanol–water partition coefficient (Wildman–Crippen LogP) is 1.74. The number of sulfonamides is 1. The molecule has 0 aromatic carbocycles. The topological polar surface area (TPSA) is 107 Å². The van der Waals surface area contributed by atoms with Crippen molar-refractivity contribution in [2.45, 2.75) is 52.2 Å². The Kier molecular flexibility index (Phi) is 7.17. The molecular weight excluding hydrogens is 280 g/mol. The van der Waals surface area contributed by atoms with Gasteiger partial charge in [-0.15, -0.1) is 0 Å². The molecule has 0 aromatic heterocycles. The second kappa shape index (κ2) is 7.60. The van der Waals surface area contributed by atoms with E-state index in [2.05, 4.69) is 4.72 Å². The van der Waals surface area contributed by atoms with Crippen LogP contribution >= 0.6 is 0 Å². The van der Waals surface area contributed by atoms with Gasteiger partial charge in [0.1, 0.15) is 0 Å². The van der Waals surface area contributed by atoms with Crippen molar-refractivity contribution in [3.8, 4) is 6.07 Å². The highest BCUT2D eigenvalue weighted by molar-refractivity contribution is 7.90. The van der Waals surface area contributed by atoms with E-state index < -0.39 is 21.2 Å². The first-order chi connectivity index (χ1) is 9.00. The van der Waals surface area contributed by atoms with Crippen molar-refractivity contribution in [1.82, 2.24) is 4.72 Å². The highest BCUT2D eigenvalue weighted by Crippen LogP contribution is 2.32. The monoisotopic (exact) mass is 304 g/mol. The lowest BCUT2D eigenvalue weighted by Gasteiger charge is -2.30. The van der Waals surface area contributed by atoms with Gasteiger partial charge >= 0.3 is 5.97 Å². The van der Waals surface area contributed by atoms with Crippen LogP contribution in [0.15, 0.2) is 0 Å². The summed E-state index contributed by atoms with van der Waals surface area (Å²) in [6.45, 7) is 7.56. The Bertz CT molecular complexity index is 460. The van der Waals surface area contributed by atoms with E-state index in [1.54, 1.807) is 6.07 Å². The molecule has 0 aromatic rings. The minimum Gasteiger partial charge on any atom is -0.481 e. The summed E-state index contributed by atoms with van der Waals surface area (Å²) in [7, 11) is -3.61. The van der Waals surface area contributed by atoms with Gasteiger partial charge < -0.3 is 5.11 Å². The zero-order valence-corrected chi connectivity index (χ0v) is 13.3. The molecule has 0 bridgehead atoms. The lowest BCUT2D eigenvalue weighted by molar-refractivity contribution is -0.137. The molecule has 2 N–H and O–H groups in total. The summed E-state index contributed by atoms with van der Waals surface area (Å²) in [5, 5.41) is 16.3. The third kappa shape index (κ3) is 6.87. The maximum Gasteiger partial charge on any atom is 0.303 e. The van der Waals surface area contributed by atoms with E-state index in [4.69, 9.17) is 10.4 Å². The largest absolute Gasteiger partial charge is 0.481 e. The zero-order valence-electron chi connectivity index (χ0n) is 12.5. The van der Waals surface area contributed by atoms with E-state index in [0.717, 1.165) is 0 Å². The first-order valence-electron chi connectivity index (χ1n) is 6.60. The molecule has 2 unspecified atom stereocenters. The second-order valence-electron chi connectivity index (χ2n) is 5.99. The lowest BCUT2D eigenvalue weighted by Crippen LogP contribution is -2.34. The number of rotatable bonds is 8. The standard InChI is InChI=1S/C13H24N2O4S/c1-10(9-14)20(18,19)15-8-7-11(13(2,3)4)5-6-12(16)17/h10-11,15H,5-8H2,1-4H3,(H,16,17). The van der Waals surface area contributed by atoms with Crippen molar-refractivity contribution in [3.05, 3.63) is 0 Å². The molecule has 0 aliphatic rings. The minimum atomic E-state index is -3.61. The number of carbonyl (C=O) groups is 1. The first-order valence-corrected chi connectivity index (χ1v) is 8.15. The van der Waals surface area contributed by atoms with Gasteiger partial charge in [-0.05, 0) is 31.1 Å². The van der Waals surface area contributed by atoms with Crippen LogP contribution in [0.4, 0.5) is 0 Å². The minimum absolute atomic E-state index is 0.0727. The van der Waals surface area contributed by atoms with Gasteiger partial charge in [-0.3, -0.25) is 4.79 Å². The molecular formula is C13H24N2O4S. The van der Waals surface area contributed by atoms with E-state index in [9.17, 15) is 13.2 Å². The number of aliphatic carboxylic acids is 1. The summed E-state index contributed by atoms with van der Waals surface area (Å²) in [6, 6.07) is 1.69. The van der Waals surface area contributed by atoms with E-state index in [1.165, 1.54) is 6.92 Å². The van der Waals surface area contributed by atoms with E-state index in [1.807, 2.05) is 20.8 Å². The average Bonchev–Trinajstić information content (AvgIpc) is 2.30. The highest BCUT2D eigenvalue weighted by atomic mass is 32.2. The Morgan fingerprint density at radius 3 is 2.30 bits per heavy atom. The predicted molar refractivity (Wildman–Crippen MR) is 76.4 cm³/mol. The zero-order chi connectivity index (χ0) is 16.0. The van der Waals surface area contributed by atoms with Crippen LogP contribution in [0.3, 0.4) is 0 Å². The molecule has 0 spiro atoms. The van der Waals surface area contributed by atoms with Gasteiger partial charge in [0.2, 0.25) is 10.0 Å². The summed E-state index contributed by atoms with van der Waals surface area (Å²) in [5.74, 6) is -0.753. The summed E-state index contributed by atoms with van der Waals surface area (Å²) in [5.41, 5.74) is -0.0955. The molecule has 2 atom stereocenters. The van der Waals surface area contributed by atoms with Crippen LogP contribution in [0.5, 0.6) is 0 Å². The van der Waals surface area contributed by atoms with Gasteiger partial charge in [0, 0.05) is 13.0 Å². The molecule has 116 valence electrons. The van der Waals surface area contributed by atoms with E-state index in [0.29, 0.717) is 12.8 Å². The molecule has 0 heterocycles. The first kappa shape index (κ1) is 18.9. The van der Waals surface area contributed by atoms with Crippen molar-refractivity contribution in [3.63, 3.8) is 0 Å². The van der Waals surface area contributed by atoms with Crippen LogP contribution < -0.4 is 4.72 Å². The number of nitrogens with zero attached hydrogens (tertiary/aromatic N) is 1. The molecule has 0 radical (unpaired) electrons. The molecule has 0 aliphatic carbocycles. The Hall–Kier alpha value is -1.13. The third-order valence-electron chi connectivity index (χ3n) is 3.37. The Labute approximate surface area is 121 Å². The summed E-state index contributed by atoms with van der Waals surface area (Å²) in [6.07, 6.45) is 1.13. The van der Waals surface area contributed by atoms with Gasteiger partial charge in [0.25, 0.3) is 0 Å². The van der Waals surface area contributed by atoms with Crippen molar-refractivity contribution in [2.24, 2.45) is 11.3 Å². The van der Waals surface area contributed by atoms with Crippen LogP contribution in [-0.4, -0.2) is 31.3 Å². The molecule has 0 saturated heterocycles. The van der Waals surface area contributed by atoms with Crippen molar-refractivity contribution in [1.29, 1.82) is 5.26 Å². The molecule has 20 heavy (non-hydrogen) atoms. The lowest BCUT2D eigenvalue weighted by atomic mass is 9.76. The quantitative estimate of drug-likeness (QED) is 0.710. The van der Waals surface area contributed by atoms with Crippen molar-refractivity contribution >= 4 is 16.0 Å². The Balaban J connectivity index is 4.50. The number of carboxylic acid groups (broad SMARTS) is 1. The summed E-state index contributed by atoms with van der Waals surface area (Å²) >= 11 is 0. The summed E-state index contributed by atoms with van der Waals surface area (Å²) < 4.78 is 25.7. The smallest absolute Gasteiger partial charge is 0.303 e. The van der Waals surface area contributed by atoms with Gasteiger partial charge in [-0.1, -0.05) is 20.8 Å². The maximum absolute atomic E-state index is 11.6. The fraction of sp³-hybridized carbons (Fsp3) is 0.846. The van der Waals surface area contributed by atoms with Crippen LogP contribution in [-0.2, 0) is 14.8 Å². The van der Waals surface area contributed by atoms with Crippen LogP contribution in [0.25, 0.3) is 0 Å². The Morgan fingerprint density at radius 1 is 1.35 bits per heavy atom. The molecule has 0 saturated carbocycles. The number of nitrogens with one attached hydrogen (secondary N) is 1. The van der Waals surface area contributed by atoms with E-state index >= 15 is 0 Å². The maximum atomic E-state index is 11.6. The number of nitriles is 1. The highest BCUT2D eigenvalue weighted by Gasteiger charge is 2.26. The normalized spacial score (nSPS) is 15.3. The van der Waals surface area contributed by atoms with Gasteiger partial charge in [-0.25, -0.2) is 13.1 Å². The molecule has 7 heteroatoms. The van der Waals surface area contributed by atoms with Gasteiger partial charge in [-0.2, -0.15) is 5.26 Å². The van der Waals surface area contributed by atoms with E-state index in [-0.39, 0.29) is 24.3 Å². The summed E-state index contributed by atoms with van der Waals surface area (Å²) in [4.78, 5) is 10.6. The third-order valence-corrected chi connectivity index (χ3v) is 5.02. The van der Waals surface area contributed by atoms with Crippen molar-refractivity contribution < 1.29 is 18.3 Å². The van der Waals surface area contributed by atoms with Crippen LogP contribution in [0.2, 0.25) is 0 Å². The van der Waals surface area contributed by atoms with Crippen LogP contribution in [0, 0.1) is 22.7 Å². The van der Waals surface area contributed by atoms with Crippen molar-refractivity contribution in [2.75, 3.05) is 6.54 Å². The fourth-order valence-corrected chi connectivity index (χ4v) is 2.67. The average molecular weight is 304 g/mol. The number of hydrogen-bond donors (Lipinski definition) is 2. The molecule has 0 fully saturated rings. The van der Waals surface area contributed by atoms with Gasteiger partial charge in [0.05, 0.1) is 6.07 Å². The molecule has 0 rings (SSSR count). The SMILES string of the molecule is CC(C#N)S(=O)(=O)NCCC(CCC(=O)O)C(C)(C)C. The second-order valence-corrected chi connectivity index (χ2v) is 8.08. The molecule has 0 amide bonds. The number of carboxylic acids is 1. The molecule has 6 nitrogen and oxygen atoms in total. The fourth-order valence-electron chi connectivity index (χ4n) is 1.88. The van der Waals surface area contributed by atoms with Gasteiger partial charge in [0.15, 0.2) is 5.25 Å².